The van der Waals surface area contributed by atoms with Crippen molar-refractivity contribution in [2.75, 3.05) is 33.7 Å². The predicted molar refractivity (Wildman–Crippen MR) is 110 cm³/mol. The molecule has 1 saturated heterocycles. The summed E-state index contributed by atoms with van der Waals surface area (Å²) in [7, 11) is 3.74. The number of benzene rings is 1. The van der Waals surface area contributed by atoms with Crippen LogP contribution in [0, 0.1) is 6.92 Å². The average molecular weight is 444 g/mol. The second-order valence-electron chi connectivity index (χ2n) is 6.18. The number of aryl methyl sites for hydroxylation is 1. The molecule has 0 atom stereocenters. The average Bonchev–Trinajstić information content (AvgIpc) is 2.58. The van der Waals surface area contributed by atoms with E-state index in [0.717, 1.165) is 38.4 Å². The van der Waals surface area contributed by atoms with Crippen LogP contribution in [0.25, 0.3) is 0 Å². The number of nitrogens with one attached hydrogen (secondary N) is 1. The molecule has 0 spiro atoms. The first-order valence-electron chi connectivity index (χ1n) is 8.35. The van der Waals surface area contributed by atoms with Gasteiger partial charge in [0.15, 0.2) is 5.96 Å². The lowest BCUT2D eigenvalue weighted by atomic mass is 10.1. The van der Waals surface area contributed by atoms with E-state index in [1.165, 1.54) is 17.5 Å². The highest BCUT2D eigenvalue weighted by Gasteiger charge is 2.17. The summed E-state index contributed by atoms with van der Waals surface area (Å²) >= 11 is 0. The Bertz CT molecular complexity index is 538. The van der Waals surface area contributed by atoms with Gasteiger partial charge in [-0.25, -0.2) is 0 Å². The summed E-state index contributed by atoms with van der Waals surface area (Å²) in [5.74, 6) is 0.908. The van der Waals surface area contributed by atoms with Gasteiger partial charge in [-0.2, -0.15) is 0 Å². The van der Waals surface area contributed by atoms with Crippen molar-refractivity contribution in [3.8, 4) is 0 Å². The van der Waals surface area contributed by atoms with Crippen LogP contribution in [-0.4, -0.2) is 55.4 Å². The minimum Gasteiger partial charge on any atom is -0.347 e. The second kappa shape index (κ2) is 10.5. The summed E-state index contributed by atoms with van der Waals surface area (Å²) in [5.41, 5.74) is 2.48. The number of amides is 1. The highest BCUT2D eigenvalue weighted by Crippen LogP contribution is 2.08. The minimum atomic E-state index is 0. The molecule has 0 aliphatic carbocycles. The Morgan fingerprint density at radius 1 is 1.21 bits per heavy atom. The van der Waals surface area contributed by atoms with E-state index in [1.54, 1.807) is 7.05 Å². The Morgan fingerprint density at radius 2 is 1.83 bits per heavy atom. The van der Waals surface area contributed by atoms with Crippen LogP contribution in [-0.2, 0) is 11.3 Å². The lowest BCUT2D eigenvalue weighted by Crippen LogP contribution is -2.46. The fraction of sp³-hybridized carbons (Fsp3) is 0.556. The number of aliphatic imine (C=N–C) groups is 1. The van der Waals surface area contributed by atoms with Crippen molar-refractivity contribution in [2.24, 2.45) is 4.99 Å². The van der Waals surface area contributed by atoms with Gasteiger partial charge in [0.1, 0.15) is 0 Å². The molecule has 1 amide bonds. The van der Waals surface area contributed by atoms with E-state index < -0.39 is 0 Å². The van der Waals surface area contributed by atoms with E-state index in [9.17, 15) is 4.79 Å². The summed E-state index contributed by atoms with van der Waals surface area (Å²) in [6.07, 6.45) is 3.47. The molecule has 1 aromatic rings. The number of carbonyl (C=O) groups is 1. The summed E-state index contributed by atoms with van der Waals surface area (Å²) in [5, 5.41) is 3.18. The zero-order valence-corrected chi connectivity index (χ0v) is 17.2. The number of halogens is 1. The van der Waals surface area contributed by atoms with E-state index in [4.69, 9.17) is 0 Å². The third kappa shape index (κ3) is 6.30. The Balaban J connectivity index is 0.00000288. The van der Waals surface area contributed by atoms with Gasteiger partial charge in [0.25, 0.3) is 0 Å². The SMILES string of the molecule is CN=C(NCC(=O)N1CCCCC1)N(C)Cc1ccc(C)cc1.I. The minimum absolute atomic E-state index is 0. The molecular weight excluding hydrogens is 415 g/mol. The second-order valence-corrected chi connectivity index (χ2v) is 6.18. The van der Waals surface area contributed by atoms with Crippen LogP contribution in [0.5, 0.6) is 0 Å². The molecule has 0 bridgehead atoms. The number of piperidine rings is 1. The summed E-state index contributed by atoms with van der Waals surface area (Å²) < 4.78 is 0. The lowest BCUT2D eigenvalue weighted by molar-refractivity contribution is -0.130. The van der Waals surface area contributed by atoms with Crippen molar-refractivity contribution < 1.29 is 4.79 Å². The first-order valence-corrected chi connectivity index (χ1v) is 8.35. The molecule has 0 saturated carbocycles. The van der Waals surface area contributed by atoms with Gasteiger partial charge >= 0.3 is 0 Å². The van der Waals surface area contributed by atoms with E-state index in [1.807, 2.05) is 16.8 Å². The number of rotatable bonds is 4. The molecule has 1 N–H and O–H groups in total. The number of hydrogen-bond donors (Lipinski definition) is 1. The quantitative estimate of drug-likeness (QED) is 0.442. The topological polar surface area (TPSA) is 47.9 Å². The molecule has 5 nitrogen and oxygen atoms in total. The van der Waals surface area contributed by atoms with Crippen LogP contribution in [0.1, 0.15) is 30.4 Å². The molecule has 1 fully saturated rings. The standard InChI is InChI=1S/C18H28N4O.HI/c1-15-7-9-16(10-8-15)14-21(3)18(19-2)20-13-17(23)22-11-5-4-6-12-22;/h7-10H,4-6,11-14H2,1-3H3,(H,19,20);1H. The van der Waals surface area contributed by atoms with Crippen LogP contribution >= 0.6 is 24.0 Å². The number of carbonyl (C=O) groups excluding carboxylic acids is 1. The van der Waals surface area contributed by atoms with E-state index >= 15 is 0 Å². The van der Waals surface area contributed by atoms with Crippen LogP contribution in [0.2, 0.25) is 0 Å². The van der Waals surface area contributed by atoms with Crippen LogP contribution in [0.4, 0.5) is 0 Å². The van der Waals surface area contributed by atoms with E-state index in [-0.39, 0.29) is 29.9 Å². The molecule has 1 aliphatic rings. The van der Waals surface area contributed by atoms with Crippen molar-refractivity contribution in [2.45, 2.75) is 32.7 Å². The molecule has 0 radical (unpaired) electrons. The normalized spacial score (nSPS) is 14.8. The van der Waals surface area contributed by atoms with Crippen molar-refractivity contribution in [3.05, 3.63) is 35.4 Å². The Kier molecular flexibility index (Phi) is 9.10. The zero-order chi connectivity index (χ0) is 16.7. The van der Waals surface area contributed by atoms with Gasteiger partial charge in [-0.1, -0.05) is 29.8 Å². The Hall–Kier alpha value is -1.31. The van der Waals surface area contributed by atoms with Gasteiger partial charge in [0.05, 0.1) is 6.54 Å². The smallest absolute Gasteiger partial charge is 0.241 e. The molecule has 134 valence electrons. The van der Waals surface area contributed by atoms with Gasteiger partial charge in [0, 0.05) is 33.7 Å². The molecule has 24 heavy (non-hydrogen) atoms. The molecule has 6 heteroatoms. The third-order valence-corrected chi connectivity index (χ3v) is 4.22. The van der Waals surface area contributed by atoms with Gasteiger partial charge in [-0.15, -0.1) is 24.0 Å². The van der Waals surface area contributed by atoms with E-state index in [0.29, 0.717) is 6.54 Å². The predicted octanol–water partition coefficient (Wildman–Crippen LogP) is 2.63. The zero-order valence-electron chi connectivity index (χ0n) is 14.9. The highest BCUT2D eigenvalue weighted by atomic mass is 127. The number of likely N-dealkylation sites (tertiary alicyclic amines) is 1. The molecule has 2 rings (SSSR count). The monoisotopic (exact) mass is 444 g/mol. The van der Waals surface area contributed by atoms with Gasteiger partial charge < -0.3 is 15.1 Å². The first kappa shape index (κ1) is 20.7. The van der Waals surface area contributed by atoms with Crippen molar-refractivity contribution >= 4 is 35.8 Å². The largest absolute Gasteiger partial charge is 0.347 e. The van der Waals surface area contributed by atoms with E-state index in [2.05, 4.69) is 41.5 Å². The molecule has 1 aliphatic heterocycles. The lowest BCUT2D eigenvalue weighted by Gasteiger charge is -2.28. The highest BCUT2D eigenvalue weighted by molar-refractivity contribution is 14.0. The van der Waals surface area contributed by atoms with Crippen molar-refractivity contribution in [1.29, 1.82) is 0 Å². The van der Waals surface area contributed by atoms with Crippen molar-refractivity contribution in [1.82, 2.24) is 15.1 Å². The van der Waals surface area contributed by atoms with Gasteiger partial charge in [-0.3, -0.25) is 9.79 Å². The number of hydrogen-bond acceptors (Lipinski definition) is 2. The number of guanidine groups is 1. The fourth-order valence-corrected chi connectivity index (χ4v) is 2.84. The summed E-state index contributed by atoms with van der Waals surface area (Å²) in [4.78, 5) is 20.5. The Morgan fingerprint density at radius 3 is 2.42 bits per heavy atom. The number of nitrogens with zero attached hydrogens (tertiary/aromatic N) is 3. The summed E-state index contributed by atoms with van der Waals surface area (Å²) in [6.45, 7) is 4.93. The molecular formula is C18H29IN4O. The maximum absolute atomic E-state index is 12.2. The van der Waals surface area contributed by atoms with Crippen LogP contribution in [0.15, 0.2) is 29.3 Å². The maximum Gasteiger partial charge on any atom is 0.241 e. The van der Waals surface area contributed by atoms with Crippen LogP contribution < -0.4 is 5.32 Å². The Labute approximate surface area is 162 Å². The molecule has 1 heterocycles. The third-order valence-electron chi connectivity index (χ3n) is 4.22. The van der Waals surface area contributed by atoms with Crippen LogP contribution in [0.3, 0.4) is 0 Å². The molecule has 0 aromatic heterocycles. The first-order chi connectivity index (χ1) is 11.1. The molecule has 1 aromatic carbocycles. The maximum atomic E-state index is 12.2. The summed E-state index contributed by atoms with van der Waals surface area (Å²) in [6, 6.07) is 8.47. The van der Waals surface area contributed by atoms with Crippen molar-refractivity contribution in [3.63, 3.8) is 0 Å². The van der Waals surface area contributed by atoms with Gasteiger partial charge in [0.2, 0.25) is 5.91 Å². The molecule has 0 unspecified atom stereocenters. The fourth-order valence-electron chi connectivity index (χ4n) is 2.84. The van der Waals surface area contributed by atoms with Gasteiger partial charge in [-0.05, 0) is 31.7 Å².